The molecule has 0 radical (unpaired) electrons. The van der Waals surface area contributed by atoms with Crippen LogP contribution in [0.2, 0.25) is 0 Å². The van der Waals surface area contributed by atoms with Gasteiger partial charge in [-0.05, 0) is 33.7 Å². The quantitative estimate of drug-likeness (QED) is 0.573. The second-order valence-corrected chi connectivity index (χ2v) is 5.58. The van der Waals surface area contributed by atoms with E-state index in [9.17, 15) is 4.79 Å². The van der Waals surface area contributed by atoms with E-state index in [2.05, 4.69) is 17.1 Å². The summed E-state index contributed by atoms with van der Waals surface area (Å²) >= 11 is 0. The lowest BCUT2D eigenvalue weighted by molar-refractivity contribution is -0.148. The SMILES string of the molecule is CCOC(=O)CO/N=C1\CC2(CCN(C)CC2)OC1C. The first kappa shape index (κ1) is 15.3. The highest BCUT2D eigenvalue weighted by atomic mass is 16.7. The molecule has 20 heavy (non-hydrogen) atoms. The molecule has 0 aromatic carbocycles. The smallest absolute Gasteiger partial charge is 0.347 e. The Bertz CT molecular complexity index is 375. The predicted molar refractivity (Wildman–Crippen MR) is 74.6 cm³/mol. The van der Waals surface area contributed by atoms with Gasteiger partial charge in [-0.2, -0.15) is 0 Å². The second kappa shape index (κ2) is 6.54. The fourth-order valence-electron chi connectivity index (χ4n) is 2.76. The van der Waals surface area contributed by atoms with E-state index >= 15 is 0 Å². The van der Waals surface area contributed by atoms with Crippen LogP contribution in [-0.2, 0) is 19.1 Å². The van der Waals surface area contributed by atoms with Gasteiger partial charge in [-0.1, -0.05) is 5.16 Å². The number of rotatable bonds is 4. The number of carbonyl (C=O) groups is 1. The average Bonchev–Trinajstić information content (AvgIpc) is 2.71. The van der Waals surface area contributed by atoms with Gasteiger partial charge in [-0.3, -0.25) is 0 Å². The molecule has 2 saturated heterocycles. The molecule has 2 heterocycles. The third kappa shape index (κ3) is 3.70. The van der Waals surface area contributed by atoms with E-state index in [0.29, 0.717) is 6.61 Å². The number of nitrogens with zero attached hydrogens (tertiary/aromatic N) is 2. The van der Waals surface area contributed by atoms with Crippen molar-refractivity contribution < 1.29 is 19.1 Å². The molecule has 0 aromatic heterocycles. The van der Waals surface area contributed by atoms with Crippen molar-refractivity contribution in [2.75, 3.05) is 33.4 Å². The van der Waals surface area contributed by atoms with Crippen LogP contribution in [0.5, 0.6) is 0 Å². The Morgan fingerprint density at radius 2 is 2.20 bits per heavy atom. The summed E-state index contributed by atoms with van der Waals surface area (Å²) in [6, 6.07) is 0. The minimum Gasteiger partial charge on any atom is -0.463 e. The van der Waals surface area contributed by atoms with Crippen LogP contribution in [0.3, 0.4) is 0 Å². The van der Waals surface area contributed by atoms with Crippen molar-refractivity contribution in [2.45, 2.75) is 44.8 Å². The van der Waals surface area contributed by atoms with E-state index in [1.807, 2.05) is 6.92 Å². The lowest BCUT2D eigenvalue weighted by Crippen LogP contribution is -2.42. The Kier molecular flexibility index (Phi) is 4.99. The van der Waals surface area contributed by atoms with E-state index in [-0.39, 0.29) is 18.3 Å². The standard InChI is InChI=1S/C14H24N2O4/c1-4-18-13(17)10-19-15-12-9-14(20-11(12)2)5-7-16(3)8-6-14/h11H,4-10H2,1-3H3/b15-12+. The van der Waals surface area contributed by atoms with Gasteiger partial charge in [0, 0.05) is 19.5 Å². The van der Waals surface area contributed by atoms with E-state index in [1.54, 1.807) is 6.92 Å². The number of hydrogen-bond donors (Lipinski definition) is 0. The summed E-state index contributed by atoms with van der Waals surface area (Å²) in [4.78, 5) is 18.6. The summed E-state index contributed by atoms with van der Waals surface area (Å²) in [6.07, 6.45) is 2.79. The van der Waals surface area contributed by atoms with E-state index < -0.39 is 5.97 Å². The maximum absolute atomic E-state index is 11.2. The van der Waals surface area contributed by atoms with Gasteiger partial charge in [0.25, 0.3) is 0 Å². The number of likely N-dealkylation sites (tertiary alicyclic amines) is 1. The van der Waals surface area contributed by atoms with Gasteiger partial charge in [-0.25, -0.2) is 4.79 Å². The van der Waals surface area contributed by atoms with E-state index in [0.717, 1.165) is 38.1 Å². The van der Waals surface area contributed by atoms with Crippen molar-refractivity contribution >= 4 is 11.7 Å². The Hall–Kier alpha value is -1.14. The monoisotopic (exact) mass is 284 g/mol. The minimum absolute atomic E-state index is 0.0411. The van der Waals surface area contributed by atoms with Crippen LogP contribution in [-0.4, -0.2) is 61.6 Å². The normalized spacial score (nSPS) is 27.9. The fourth-order valence-corrected chi connectivity index (χ4v) is 2.76. The van der Waals surface area contributed by atoms with Gasteiger partial charge in [0.2, 0.25) is 6.61 Å². The summed E-state index contributed by atoms with van der Waals surface area (Å²) in [5.74, 6) is -0.391. The van der Waals surface area contributed by atoms with Crippen LogP contribution < -0.4 is 0 Å². The summed E-state index contributed by atoms with van der Waals surface area (Å²) in [6.45, 7) is 6.06. The summed E-state index contributed by atoms with van der Waals surface area (Å²) in [5, 5.41) is 4.07. The maximum Gasteiger partial charge on any atom is 0.347 e. The number of carbonyl (C=O) groups excluding carboxylic acids is 1. The molecule has 0 aliphatic carbocycles. The summed E-state index contributed by atoms with van der Waals surface area (Å²) in [7, 11) is 2.13. The van der Waals surface area contributed by atoms with Gasteiger partial charge >= 0.3 is 5.97 Å². The molecule has 1 atom stereocenters. The Balaban J connectivity index is 1.85. The molecule has 2 aliphatic heterocycles. The minimum atomic E-state index is -0.391. The Labute approximate surface area is 120 Å². The molecule has 114 valence electrons. The van der Waals surface area contributed by atoms with Crippen LogP contribution in [0.1, 0.15) is 33.1 Å². The molecular formula is C14H24N2O4. The molecule has 2 aliphatic rings. The molecule has 0 bridgehead atoms. The molecule has 0 saturated carbocycles. The molecule has 1 spiro atoms. The van der Waals surface area contributed by atoms with Gasteiger partial charge in [-0.15, -0.1) is 0 Å². The second-order valence-electron chi connectivity index (χ2n) is 5.58. The van der Waals surface area contributed by atoms with Crippen LogP contribution in [0.25, 0.3) is 0 Å². The van der Waals surface area contributed by atoms with Crippen molar-refractivity contribution in [3.8, 4) is 0 Å². The number of hydrogen-bond acceptors (Lipinski definition) is 6. The van der Waals surface area contributed by atoms with Crippen LogP contribution >= 0.6 is 0 Å². The largest absolute Gasteiger partial charge is 0.463 e. The molecule has 6 nitrogen and oxygen atoms in total. The van der Waals surface area contributed by atoms with Gasteiger partial charge in [0.15, 0.2) is 0 Å². The van der Waals surface area contributed by atoms with Gasteiger partial charge in [0.05, 0.1) is 24.0 Å². The maximum atomic E-state index is 11.2. The first-order valence-electron chi connectivity index (χ1n) is 7.25. The topological polar surface area (TPSA) is 60.4 Å². The molecule has 2 rings (SSSR count). The molecule has 0 amide bonds. The highest BCUT2D eigenvalue weighted by Gasteiger charge is 2.44. The first-order valence-corrected chi connectivity index (χ1v) is 7.25. The highest BCUT2D eigenvalue weighted by Crippen LogP contribution is 2.37. The highest BCUT2D eigenvalue weighted by molar-refractivity contribution is 5.90. The van der Waals surface area contributed by atoms with Crippen LogP contribution in [0.15, 0.2) is 5.16 Å². The lowest BCUT2D eigenvalue weighted by atomic mass is 9.88. The summed E-state index contributed by atoms with van der Waals surface area (Å²) < 4.78 is 10.9. The van der Waals surface area contributed by atoms with Crippen LogP contribution in [0.4, 0.5) is 0 Å². The Morgan fingerprint density at radius 3 is 2.85 bits per heavy atom. The zero-order valence-corrected chi connectivity index (χ0v) is 12.6. The average molecular weight is 284 g/mol. The van der Waals surface area contributed by atoms with Gasteiger partial charge < -0.3 is 19.2 Å². The van der Waals surface area contributed by atoms with Crippen molar-refractivity contribution in [3.63, 3.8) is 0 Å². The van der Waals surface area contributed by atoms with Crippen LogP contribution in [0, 0.1) is 0 Å². The third-order valence-corrected chi connectivity index (χ3v) is 3.97. The molecule has 6 heteroatoms. The number of ether oxygens (including phenoxy) is 2. The van der Waals surface area contributed by atoms with E-state index in [4.69, 9.17) is 14.3 Å². The van der Waals surface area contributed by atoms with Crippen molar-refractivity contribution in [1.82, 2.24) is 4.90 Å². The van der Waals surface area contributed by atoms with E-state index in [1.165, 1.54) is 0 Å². The summed E-state index contributed by atoms with van der Waals surface area (Å²) in [5.41, 5.74) is 0.803. The number of esters is 1. The zero-order chi connectivity index (χ0) is 14.6. The van der Waals surface area contributed by atoms with Crippen molar-refractivity contribution in [3.05, 3.63) is 0 Å². The molecular weight excluding hydrogens is 260 g/mol. The molecule has 0 aromatic rings. The van der Waals surface area contributed by atoms with Crippen molar-refractivity contribution in [2.24, 2.45) is 5.16 Å². The molecule has 1 unspecified atom stereocenters. The predicted octanol–water partition coefficient (Wildman–Crippen LogP) is 1.20. The number of piperidine rings is 1. The third-order valence-electron chi connectivity index (χ3n) is 3.97. The lowest BCUT2D eigenvalue weighted by Gasteiger charge is -2.36. The van der Waals surface area contributed by atoms with Crippen molar-refractivity contribution in [1.29, 1.82) is 0 Å². The van der Waals surface area contributed by atoms with Gasteiger partial charge in [0.1, 0.15) is 0 Å². The molecule has 2 fully saturated rings. The number of oxime groups is 1. The Morgan fingerprint density at radius 1 is 1.50 bits per heavy atom. The fraction of sp³-hybridized carbons (Fsp3) is 0.857. The molecule has 0 N–H and O–H groups in total. The zero-order valence-electron chi connectivity index (χ0n) is 12.6. The first-order chi connectivity index (χ1) is 9.54.